The van der Waals surface area contributed by atoms with E-state index >= 15 is 0 Å². The van der Waals surface area contributed by atoms with Crippen LogP contribution in [0, 0.1) is 6.92 Å². The highest BCUT2D eigenvalue weighted by atomic mass is 35.5. The summed E-state index contributed by atoms with van der Waals surface area (Å²) in [6, 6.07) is 5.00. The van der Waals surface area contributed by atoms with Crippen LogP contribution in [0.4, 0.5) is 5.69 Å². The number of carbonyl (C=O) groups excluding carboxylic acids is 2. The van der Waals surface area contributed by atoms with Crippen molar-refractivity contribution in [3.63, 3.8) is 0 Å². The molecule has 3 rings (SSSR count). The quantitative estimate of drug-likeness (QED) is 0.794. The molecular weight excluding hydrogens is 292 g/mol. The van der Waals surface area contributed by atoms with E-state index in [9.17, 15) is 9.59 Å². The zero-order valence-corrected chi connectivity index (χ0v) is 12.7. The van der Waals surface area contributed by atoms with Crippen LogP contribution >= 0.6 is 11.6 Å². The molecule has 2 aliphatic heterocycles. The summed E-state index contributed by atoms with van der Waals surface area (Å²) >= 11 is 6.10. The van der Waals surface area contributed by atoms with Gasteiger partial charge in [-0.3, -0.25) is 9.59 Å². The lowest BCUT2D eigenvalue weighted by Gasteiger charge is -2.27. The van der Waals surface area contributed by atoms with Crippen LogP contribution in [0.15, 0.2) is 18.2 Å². The summed E-state index contributed by atoms with van der Waals surface area (Å²) in [7, 11) is 0. The number of nitrogens with one attached hydrogen (secondary N) is 1. The average Bonchev–Trinajstić information content (AvgIpc) is 2.78. The average molecular weight is 310 g/mol. The zero-order chi connectivity index (χ0) is 15.0. The number of nitrogens with zero attached hydrogens (tertiary/aromatic N) is 1. The van der Waals surface area contributed by atoms with E-state index in [-0.39, 0.29) is 24.3 Å². The molecule has 1 atom stereocenters. The maximum Gasteiger partial charge on any atom is 0.292 e. The number of amides is 2. The van der Waals surface area contributed by atoms with Crippen molar-refractivity contribution in [2.45, 2.75) is 19.4 Å². The van der Waals surface area contributed by atoms with Crippen LogP contribution in [0.5, 0.6) is 0 Å². The molecule has 2 aliphatic rings. The maximum absolute atomic E-state index is 12.7. The number of hydrogen-bond donors (Lipinski definition) is 1. The molecule has 1 N–H and O–H groups in total. The molecule has 0 saturated carbocycles. The summed E-state index contributed by atoms with van der Waals surface area (Å²) in [5.41, 5.74) is 1.37. The fraction of sp³-hybridized carbons (Fsp3) is 0.467. The van der Waals surface area contributed by atoms with Crippen molar-refractivity contribution in [3.05, 3.63) is 28.8 Å². The summed E-state index contributed by atoms with van der Waals surface area (Å²) in [5, 5.41) is 0.565. The molecular formula is C15H18ClN2O3+. The fourth-order valence-corrected chi connectivity index (χ4v) is 3.19. The van der Waals surface area contributed by atoms with E-state index in [4.69, 9.17) is 16.3 Å². The van der Waals surface area contributed by atoms with Gasteiger partial charge in [-0.2, -0.15) is 0 Å². The van der Waals surface area contributed by atoms with E-state index in [0.717, 1.165) is 23.6 Å². The molecule has 0 aliphatic carbocycles. The number of ether oxygens (including phenoxy) is 1. The highest BCUT2D eigenvalue weighted by Crippen LogP contribution is 2.29. The predicted octanol–water partition coefficient (Wildman–Crippen LogP) is 0.195. The first-order valence-corrected chi connectivity index (χ1v) is 7.51. The monoisotopic (exact) mass is 309 g/mol. The Morgan fingerprint density at radius 2 is 2.00 bits per heavy atom. The lowest BCUT2D eigenvalue weighted by Crippen LogP contribution is -3.18. The number of hydrogen-bond acceptors (Lipinski definition) is 3. The summed E-state index contributed by atoms with van der Waals surface area (Å²) in [6.45, 7) is 4.65. The Kier molecular flexibility index (Phi) is 3.97. The Labute approximate surface area is 128 Å². The maximum atomic E-state index is 12.7. The minimum atomic E-state index is -0.292. The van der Waals surface area contributed by atoms with Crippen LogP contribution in [0.3, 0.4) is 0 Å². The molecule has 1 aromatic carbocycles. The fourth-order valence-electron chi connectivity index (χ4n) is 3.02. The van der Waals surface area contributed by atoms with Gasteiger partial charge in [-0.25, -0.2) is 4.90 Å². The Bertz CT molecular complexity index is 584. The van der Waals surface area contributed by atoms with Crippen molar-refractivity contribution < 1.29 is 19.2 Å². The molecule has 5 nitrogen and oxygen atoms in total. The molecule has 112 valence electrons. The van der Waals surface area contributed by atoms with Gasteiger partial charge in [0.05, 0.1) is 25.3 Å². The van der Waals surface area contributed by atoms with E-state index in [1.54, 1.807) is 18.2 Å². The minimum Gasteiger partial charge on any atom is -0.370 e. The number of quaternary nitrogens is 1. The second-order valence-electron chi connectivity index (χ2n) is 5.48. The van der Waals surface area contributed by atoms with Crippen molar-refractivity contribution in [1.29, 1.82) is 0 Å². The second-order valence-corrected chi connectivity index (χ2v) is 5.89. The lowest BCUT2D eigenvalue weighted by molar-refractivity contribution is -0.922. The van der Waals surface area contributed by atoms with E-state index in [2.05, 4.69) is 0 Å². The smallest absolute Gasteiger partial charge is 0.292 e. The third-order valence-electron chi connectivity index (χ3n) is 4.25. The van der Waals surface area contributed by atoms with Crippen LogP contribution in [0.25, 0.3) is 0 Å². The molecule has 2 fully saturated rings. The normalized spacial score (nSPS) is 23.9. The first-order chi connectivity index (χ1) is 10.1. The van der Waals surface area contributed by atoms with E-state index in [0.29, 0.717) is 23.9 Å². The summed E-state index contributed by atoms with van der Waals surface area (Å²) < 4.78 is 5.32. The zero-order valence-electron chi connectivity index (χ0n) is 11.9. The molecule has 1 aromatic rings. The number of imide groups is 1. The Morgan fingerprint density at radius 1 is 1.29 bits per heavy atom. The first-order valence-electron chi connectivity index (χ1n) is 7.14. The van der Waals surface area contributed by atoms with Gasteiger partial charge in [0.15, 0.2) is 6.04 Å². The Morgan fingerprint density at radius 3 is 2.71 bits per heavy atom. The van der Waals surface area contributed by atoms with E-state index in [1.807, 2.05) is 6.92 Å². The number of halogens is 1. The van der Waals surface area contributed by atoms with E-state index in [1.165, 1.54) is 4.90 Å². The highest BCUT2D eigenvalue weighted by Gasteiger charge is 2.46. The summed E-state index contributed by atoms with van der Waals surface area (Å²) in [5.74, 6) is -0.267. The van der Waals surface area contributed by atoms with Gasteiger partial charge in [0.1, 0.15) is 13.1 Å². The van der Waals surface area contributed by atoms with Gasteiger partial charge < -0.3 is 9.64 Å². The van der Waals surface area contributed by atoms with Crippen LogP contribution in [-0.4, -0.2) is 44.2 Å². The van der Waals surface area contributed by atoms with Gasteiger partial charge in [0.25, 0.3) is 5.91 Å². The molecule has 2 saturated heterocycles. The Hall–Kier alpha value is -1.43. The molecule has 2 amide bonds. The SMILES string of the molecule is Cc1c(Cl)cccc1N1C(=O)C[C@H]([NH+]2CCOCC2)C1=O. The number of carbonyl (C=O) groups is 2. The van der Waals surface area contributed by atoms with Crippen LogP contribution in [0.2, 0.25) is 5.02 Å². The molecule has 0 spiro atoms. The first kappa shape index (κ1) is 14.5. The molecule has 0 radical (unpaired) electrons. The molecule has 2 heterocycles. The van der Waals surface area contributed by atoms with Gasteiger partial charge in [-0.15, -0.1) is 0 Å². The van der Waals surface area contributed by atoms with Crippen molar-refractivity contribution in [2.24, 2.45) is 0 Å². The van der Waals surface area contributed by atoms with Gasteiger partial charge in [-0.05, 0) is 24.6 Å². The highest BCUT2D eigenvalue weighted by molar-refractivity contribution is 6.32. The van der Waals surface area contributed by atoms with Crippen molar-refractivity contribution in [1.82, 2.24) is 0 Å². The number of benzene rings is 1. The third-order valence-corrected chi connectivity index (χ3v) is 4.66. The minimum absolute atomic E-state index is 0.123. The van der Waals surface area contributed by atoms with Crippen molar-refractivity contribution in [3.8, 4) is 0 Å². The summed E-state index contributed by atoms with van der Waals surface area (Å²) in [6.07, 6.45) is 0.264. The molecule has 0 aromatic heterocycles. The second kappa shape index (κ2) is 5.75. The topological polar surface area (TPSA) is 51.1 Å². The third kappa shape index (κ3) is 2.57. The van der Waals surface area contributed by atoms with Gasteiger partial charge in [-0.1, -0.05) is 17.7 Å². The van der Waals surface area contributed by atoms with Crippen molar-refractivity contribution in [2.75, 3.05) is 31.2 Å². The molecule has 21 heavy (non-hydrogen) atoms. The van der Waals surface area contributed by atoms with Gasteiger partial charge in [0.2, 0.25) is 5.91 Å². The molecule has 0 unspecified atom stereocenters. The van der Waals surface area contributed by atoms with Crippen LogP contribution < -0.4 is 9.80 Å². The largest absolute Gasteiger partial charge is 0.370 e. The van der Waals surface area contributed by atoms with Crippen LogP contribution in [-0.2, 0) is 14.3 Å². The van der Waals surface area contributed by atoms with E-state index < -0.39 is 0 Å². The number of anilines is 1. The lowest BCUT2D eigenvalue weighted by atomic mass is 10.2. The standard InChI is InChI=1S/C15H17ClN2O3/c1-10-11(16)3-2-4-12(10)18-14(19)9-13(15(18)20)17-5-7-21-8-6-17/h2-4,13H,5-9H2,1H3/p+1/t13-/m0/s1. The van der Waals surface area contributed by atoms with Gasteiger partial charge in [0, 0.05) is 5.02 Å². The molecule has 6 heteroatoms. The predicted molar refractivity (Wildman–Crippen MR) is 78.6 cm³/mol. The molecule has 0 bridgehead atoms. The van der Waals surface area contributed by atoms with Gasteiger partial charge >= 0.3 is 0 Å². The number of rotatable bonds is 2. The number of morpholine rings is 1. The Balaban J connectivity index is 1.88. The summed E-state index contributed by atoms with van der Waals surface area (Å²) in [4.78, 5) is 27.4. The van der Waals surface area contributed by atoms with Crippen LogP contribution in [0.1, 0.15) is 12.0 Å². The van der Waals surface area contributed by atoms with Crippen molar-refractivity contribution >= 4 is 29.1 Å².